The van der Waals surface area contributed by atoms with E-state index in [1.807, 2.05) is 0 Å². The maximum Gasteiger partial charge on any atom is 0.309 e. The Hall–Kier alpha value is -0.860. The van der Waals surface area contributed by atoms with Crippen molar-refractivity contribution in [2.24, 2.45) is 17.8 Å². The molecule has 0 aromatic rings. The summed E-state index contributed by atoms with van der Waals surface area (Å²) in [5, 5.41) is 0. The topological polar surface area (TPSA) is 43.4 Å². The van der Waals surface area contributed by atoms with Gasteiger partial charge < -0.3 is 9.53 Å². The minimum atomic E-state index is 0.0564. The van der Waals surface area contributed by atoms with Gasteiger partial charge in [-0.2, -0.15) is 0 Å². The number of hydrogen-bond donors (Lipinski definition) is 0. The van der Waals surface area contributed by atoms with Crippen LogP contribution in [0.1, 0.15) is 77.6 Å². The van der Waals surface area contributed by atoms with E-state index < -0.39 is 0 Å². The van der Waals surface area contributed by atoms with Crippen LogP contribution in [0.4, 0.5) is 0 Å². The van der Waals surface area contributed by atoms with Crippen LogP contribution in [0.15, 0.2) is 0 Å². The quantitative estimate of drug-likeness (QED) is 0.542. The highest BCUT2D eigenvalue weighted by Gasteiger charge is 2.30. The summed E-state index contributed by atoms with van der Waals surface area (Å²) in [7, 11) is 0. The minimum absolute atomic E-state index is 0.0564. The Morgan fingerprint density at radius 1 is 1.00 bits per heavy atom. The van der Waals surface area contributed by atoms with Crippen molar-refractivity contribution >= 4 is 12.3 Å². The first-order valence-corrected chi connectivity index (χ1v) is 8.87. The molecule has 0 spiro atoms. The number of carbonyl (C=O) groups is 2. The molecule has 2 aliphatic carbocycles. The standard InChI is InChI=1S/C18H30O3/c1-2-14-5-9-16(10-6-14)18(20)21-17-11-7-15(8-12-17)4-3-13-19/h13-17H,2-12H2,1H3. The Morgan fingerprint density at radius 3 is 2.19 bits per heavy atom. The maximum absolute atomic E-state index is 12.2. The van der Waals surface area contributed by atoms with Crippen molar-refractivity contribution in [3.8, 4) is 0 Å². The Labute approximate surface area is 128 Å². The lowest BCUT2D eigenvalue weighted by atomic mass is 9.80. The second-order valence-corrected chi connectivity index (χ2v) is 6.95. The molecule has 0 aliphatic heterocycles. The molecule has 0 unspecified atom stereocenters. The van der Waals surface area contributed by atoms with Crippen LogP contribution in [0, 0.1) is 17.8 Å². The van der Waals surface area contributed by atoms with Crippen molar-refractivity contribution in [1.29, 1.82) is 0 Å². The largest absolute Gasteiger partial charge is 0.462 e. The Morgan fingerprint density at radius 2 is 1.62 bits per heavy atom. The number of ether oxygens (including phenoxy) is 1. The molecular weight excluding hydrogens is 264 g/mol. The summed E-state index contributed by atoms with van der Waals surface area (Å²) < 4.78 is 5.74. The first-order valence-electron chi connectivity index (χ1n) is 8.87. The van der Waals surface area contributed by atoms with Crippen molar-refractivity contribution in [3.05, 3.63) is 0 Å². The second-order valence-electron chi connectivity index (χ2n) is 6.95. The fraction of sp³-hybridized carbons (Fsp3) is 0.889. The molecular formula is C18H30O3. The first kappa shape index (κ1) is 16.5. The highest BCUT2D eigenvalue weighted by Crippen LogP contribution is 2.33. The predicted octanol–water partition coefficient (Wildman–Crippen LogP) is 4.28. The fourth-order valence-electron chi connectivity index (χ4n) is 3.91. The Kier molecular flexibility index (Phi) is 6.72. The van der Waals surface area contributed by atoms with Crippen LogP contribution in [0.5, 0.6) is 0 Å². The van der Waals surface area contributed by atoms with Gasteiger partial charge in [0.25, 0.3) is 0 Å². The minimum Gasteiger partial charge on any atom is -0.462 e. The molecule has 0 radical (unpaired) electrons. The maximum atomic E-state index is 12.2. The van der Waals surface area contributed by atoms with Gasteiger partial charge in [0.15, 0.2) is 0 Å². The lowest BCUT2D eigenvalue weighted by Crippen LogP contribution is -2.30. The summed E-state index contributed by atoms with van der Waals surface area (Å²) in [5.41, 5.74) is 0. The molecule has 0 aromatic heterocycles. The van der Waals surface area contributed by atoms with Crippen LogP contribution >= 0.6 is 0 Å². The van der Waals surface area contributed by atoms with Crippen molar-refractivity contribution in [3.63, 3.8) is 0 Å². The molecule has 120 valence electrons. The van der Waals surface area contributed by atoms with Crippen LogP contribution < -0.4 is 0 Å². The van der Waals surface area contributed by atoms with E-state index in [4.69, 9.17) is 4.74 Å². The first-order chi connectivity index (χ1) is 10.2. The van der Waals surface area contributed by atoms with Gasteiger partial charge in [0.1, 0.15) is 12.4 Å². The van der Waals surface area contributed by atoms with Crippen molar-refractivity contribution in [2.75, 3.05) is 0 Å². The Balaban J connectivity index is 1.66. The summed E-state index contributed by atoms with van der Waals surface area (Å²) in [5.74, 6) is 1.69. The van der Waals surface area contributed by atoms with E-state index in [0.717, 1.165) is 57.1 Å². The van der Waals surface area contributed by atoms with E-state index in [2.05, 4.69) is 6.92 Å². The lowest BCUT2D eigenvalue weighted by molar-refractivity contribution is -0.157. The van der Waals surface area contributed by atoms with Crippen molar-refractivity contribution in [2.45, 2.75) is 83.7 Å². The predicted molar refractivity (Wildman–Crippen MR) is 82.9 cm³/mol. The van der Waals surface area contributed by atoms with Gasteiger partial charge in [-0.15, -0.1) is 0 Å². The van der Waals surface area contributed by atoms with E-state index >= 15 is 0 Å². The zero-order valence-electron chi connectivity index (χ0n) is 13.4. The molecule has 0 saturated heterocycles. The van der Waals surface area contributed by atoms with Gasteiger partial charge in [0, 0.05) is 6.42 Å². The molecule has 2 aliphatic rings. The van der Waals surface area contributed by atoms with Gasteiger partial charge in [-0.3, -0.25) is 4.79 Å². The highest BCUT2D eigenvalue weighted by molar-refractivity contribution is 5.72. The average molecular weight is 294 g/mol. The molecule has 21 heavy (non-hydrogen) atoms. The van der Waals surface area contributed by atoms with Gasteiger partial charge in [-0.1, -0.05) is 13.3 Å². The van der Waals surface area contributed by atoms with E-state index in [9.17, 15) is 9.59 Å². The number of carbonyl (C=O) groups excluding carboxylic acids is 2. The molecule has 0 atom stereocenters. The molecule has 0 amide bonds. The monoisotopic (exact) mass is 294 g/mol. The van der Waals surface area contributed by atoms with Crippen LogP contribution in [-0.2, 0) is 14.3 Å². The second kappa shape index (κ2) is 8.55. The summed E-state index contributed by atoms with van der Waals surface area (Å²) >= 11 is 0. The van der Waals surface area contributed by atoms with Crippen molar-refractivity contribution < 1.29 is 14.3 Å². The number of esters is 1. The van der Waals surface area contributed by atoms with Gasteiger partial charge >= 0.3 is 5.97 Å². The Bertz CT molecular complexity index is 323. The van der Waals surface area contributed by atoms with E-state index in [1.54, 1.807) is 0 Å². The third-order valence-electron chi connectivity index (χ3n) is 5.53. The molecule has 2 rings (SSSR count). The van der Waals surface area contributed by atoms with Gasteiger partial charge in [-0.05, 0) is 69.6 Å². The van der Waals surface area contributed by atoms with Crippen LogP contribution in [0.25, 0.3) is 0 Å². The smallest absolute Gasteiger partial charge is 0.309 e. The molecule has 0 bridgehead atoms. The van der Waals surface area contributed by atoms with E-state index in [-0.39, 0.29) is 18.0 Å². The average Bonchev–Trinajstić information content (AvgIpc) is 2.54. The number of rotatable bonds is 6. The fourth-order valence-corrected chi connectivity index (χ4v) is 3.91. The summed E-state index contributed by atoms with van der Waals surface area (Å²) in [6.07, 6.45) is 12.7. The van der Waals surface area contributed by atoms with Crippen LogP contribution in [0.3, 0.4) is 0 Å². The molecule has 2 fully saturated rings. The molecule has 2 saturated carbocycles. The van der Waals surface area contributed by atoms with Gasteiger partial charge in [-0.25, -0.2) is 0 Å². The molecule has 3 heteroatoms. The normalized spacial score (nSPS) is 33.4. The van der Waals surface area contributed by atoms with E-state index in [0.29, 0.717) is 12.3 Å². The molecule has 0 aromatic carbocycles. The SMILES string of the molecule is CCC1CCC(C(=O)OC2CCC(CCC=O)CC2)CC1. The summed E-state index contributed by atoms with van der Waals surface area (Å²) in [4.78, 5) is 22.7. The summed E-state index contributed by atoms with van der Waals surface area (Å²) in [6, 6.07) is 0. The molecule has 0 N–H and O–H groups in total. The van der Waals surface area contributed by atoms with Crippen LogP contribution in [0.2, 0.25) is 0 Å². The summed E-state index contributed by atoms with van der Waals surface area (Å²) in [6.45, 7) is 2.24. The zero-order valence-corrected chi connectivity index (χ0v) is 13.4. The molecule has 3 nitrogen and oxygen atoms in total. The number of aldehydes is 1. The third kappa shape index (κ3) is 5.12. The highest BCUT2D eigenvalue weighted by atomic mass is 16.5. The van der Waals surface area contributed by atoms with Crippen molar-refractivity contribution in [1.82, 2.24) is 0 Å². The lowest BCUT2D eigenvalue weighted by Gasteiger charge is -2.31. The van der Waals surface area contributed by atoms with Gasteiger partial charge in [0.05, 0.1) is 5.92 Å². The zero-order chi connectivity index (χ0) is 15.1. The third-order valence-corrected chi connectivity index (χ3v) is 5.53. The number of hydrogen-bond acceptors (Lipinski definition) is 3. The van der Waals surface area contributed by atoms with Gasteiger partial charge in [0.2, 0.25) is 0 Å². The van der Waals surface area contributed by atoms with Crippen LogP contribution in [-0.4, -0.2) is 18.4 Å². The molecule has 0 heterocycles. The van der Waals surface area contributed by atoms with E-state index in [1.165, 1.54) is 19.3 Å².